The summed E-state index contributed by atoms with van der Waals surface area (Å²) >= 11 is 0. The van der Waals surface area contributed by atoms with Crippen molar-refractivity contribution >= 4 is 5.91 Å². The molecule has 0 bridgehead atoms. The number of carbonyl (C=O) groups excluding carboxylic acids is 1. The van der Waals surface area contributed by atoms with Crippen LogP contribution in [0.15, 0.2) is 36.7 Å². The van der Waals surface area contributed by atoms with Crippen LogP contribution in [-0.4, -0.2) is 48.3 Å². The summed E-state index contributed by atoms with van der Waals surface area (Å²) in [4.78, 5) is 14.0. The molecule has 0 aliphatic carbocycles. The average molecular weight is 289 g/mol. The Kier molecular flexibility index (Phi) is 4.64. The van der Waals surface area contributed by atoms with Crippen LogP contribution in [0.3, 0.4) is 0 Å². The van der Waals surface area contributed by atoms with Crippen molar-refractivity contribution in [3.8, 4) is 0 Å². The molecule has 1 aromatic heterocycles. The molecule has 0 atom stereocenters. The maximum atomic E-state index is 12.4. The van der Waals surface area contributed by atoms with Gasteiger partial charge in [-0.3, -0.25) is 4.79 Å². The van der Waals surface area contributed by atoms with E-state index in [9.17, 15) is 9.90 Å². The van der Waals surface area contributed by atoms with Crippen LogP contribution >= 0.6 is 0 Å². The number of aromatic nitrogens is 4. The Hall–Kier alpha value is -2.28. The normalized spacial score (nSPS) is 11.4. The molecule has 0 unspecified atom stereocenters. The predicted molar refractivity (Wildman–Crippen MR) is 76.0 cm³/mol. The number of benzene rings is 1. The molecule has 0 spiro atoms. The van der Waals surface area contributed by atoms with Gasteiger partial charge < -0.3 is 10.0 Å². The van der Waals surface area contributed by atoms with Crippen LogP contribution in [-0.2, 0) is 17.9 Å². The van der Waals surface area contributed by atoms with Crippen molar-refractivity contribution in [2.75, 3.05) is 6.54 Å². The lowest BCUT2D eigenvalue weighted by Crippen LogP contribution is -2.43. The first-order valence-corrected chi connectivity index (χ1v) is 6.69. The molecule has 1 aromatic carbocycles. The maximum Gasteiger partial charge on any atom is 0.244 e. The molecule has 7 nitrogen and oxygen atoms in total. The van der Waals surface area contributed by atoms with Gasteiger partial charge in [0.2, 0.25) is 5.91 Å². The fraction of sp³-hybridized carbons (Fsp3) is 0.429. The van der Waals surface area contributed by atoms with Crippen molar-refractivity contribution in [2.24, 2.45) is 0 Å². The van der Waals surface area contributed by atoms with Gasteiger partial charge in [-0.2, -0.15) is 0 Å². The molecule has 7 heteroatoms. The quantitative estimate of drug-likeness (QED) is 0.836. The molecular formula is C14H19N5O2. The highest BCUT2D eigenvalue weighted by atomic mass is 16.3. The van der Waals surface area contributed by atoms with Crippen LogP contribution in [0.2, 0.25) is 0 Å². The van der Waals surface area contributed by atoms with Crippen molar-refractivity contribution in [1.82, 2.24) is 25.1 Å². The van der Waals surface area contributed by atoms with Crippen LogP contribution in [0.4, 0.5) is 0 Å². The van der Waals surface area contributed by atoms with E-state index in [1.54, 1.807) is 18.7 Å². The van der Waals surface area contributed by atoms with Gasteiger partial charge in [-0.1, -0.05) is 30.3 Å². The van der Waals surface area contributed by atoms with E-state index >= 15 is 0 Å². The van der Waals surface area contributed by atoms with Gasteiger partial charge in [-0.25, -0.2) is 4.68 Å². The number of aliphatic hydroxyl groups is 1. The van der Waals surface area contributed by atoms with E-state index in [-0.39, 0.29) is 19.0 Å². The molecular weight excluding hydrogens is 270 g/mol. The number of hydrogen-bond acceptors (Lipinski definition) is 5. The second-order valence-electron chi connectivity index (χ2n) is 5.56. The molecule has 0 aliphatic heterocycles. The highest BCUT2D eigenvalue weighted by molar-refractivity contribution is 5.76. The summed E-state index contributed by atoms with van der Waals surface area (Å²) in [6, 6.07) is 9.66. The number of amides is 1. The van der Waals surface area contributed by atoms with Crippen LogP contribution in [0.5, 0.6) is 0 Å². The molecule has 1 N–H and O–H groups in total. The lowest BCUT2D eigenvalue weighted by molar-refractivity contribution is -0.135. The van der Waals surface area contributed by atoms with E-state index in [0.717, 1.165) is 5.56 Å². The van der Waals surface area contributed by atoms with E-state index in [0.29, 0.717) is 6.54 Å². The topological polar surface area (TPSA) is 84.1 Å². The predicted octanol–water partition coefficient (Wildman–Crippen LogP) is 0.473. The summed E-state index contributed by atoms with van der Waals surface area (Å²) in [5.41, 5.74) is 0.0391. The minimum Gasteiger partial charge on any atom is -0.389 e. The first kappa shape index (κ1) is 15.1. The summed E-state index contributed by atoms with van der Waals surface area (Å²) in [5, 5.41) is 20.7. The van der Waals surface area contributed by atoms with Gasteiger partial charge in [0.1, 0.15) is 12.9 Å². The summed E-state index contributed by atoms with van der Waals surface area (Å²) in [6.45, 7) is 4.08. The highest BCUT2D eigenvalue weighted by Crippen LogP contribution is 2.11. The van der Waals surface area contributed by atoms with Crippen LogP contribution in [0, 0.1) is 0 Å². The van der Waals surface area contributed by atoms with Crippen molar-refractivity contribution in [3.05, 3.63) is 42.2 Å². The Morgan fingerprint density at radius 2 is 2.05 bits per heavy atom. The van der Waals surface area contributed by atoms with Crippen LogP contribution in [0.1, 0.15) is 19.4 Å². The molecule has 1 amide bonds. The molecule has 21 heavy (non-hydrogen) atoms. The lowest BCUT2D eigenvalue weighted by Gasteiger charge is -2.29. The molecule has 0 fully saturated rings. The van der Waals surface area contributed by atoms with Crippen molar-refractivity contribution in [2.45, 2.75) is 32.5 Å². The summed E-state index contributed by atoms with van der Waals surface area (Å²) in [7, 11) is 0. The molecule has 0 saturated carbocycles. The molecule has 2 rings (SSSR count). The first-order valence-electron chi connectivity index (χ1n) is 6.69. The summed E-state index contributed by atoms with van der Waals surface area (Å²) < 4.78 is 1.37. The van der Waals surface area contributed by atoms with Gasteiger partial charge in [0, 0.05) is 13.1 Å². The zero-order valence-corrected chi connectivity index (χ0v) is 12.2. The zero-order valence-electron chi connectivity index (χ0n) is 12.2. The van der Waals surface area contributed by atoms with Crippen LogP contribution in [0.25, 0.3) is 0 Å². The van der Waals surface area contributed by atoms with Gasteiger partial charge in [-0.15, -0.1) is 5.10 Å². The molecule has 1 heterocycles. The lowest BCUT2D eigenvalue weighted by atomic mass is 10.1. The van der Waals surface area contributed by atoms with E-state index in [4.69, 9.17) is 0 Å². The molecule has 0 radical (unpaired) electrons. The Morgan fingerprint density at radius 1 is 1.33 bits per heavy atom. The second-order valence-corrected chi connectivity index (χ2v) is 5.56. The van der Waals surface area contributed by atoms with Crippen LogP contribution < -0.4 is 0 Å². The smallest absolute Gasteiger partial charge is 0.244 e. The SMILES string of the molecule is CC(C)(O)CN(Cc1ccccc1)C(=O)Cn1cnnn1. The first-order chi connectivity index (χ1) is 9.94. The fourth-order valence-electron chi connectivity index (χ4n) is 1.99. The fourth-order valence-corrected chi connectivity index (χ4v) is 1.99. The molecule has 0 saturated heterocycles. The Morgan fingerprint density at radius 3 is 2.62 bits per heavy atom. The van der Waals surface area contributed by atoms with Crippen molar-refractivity contribution in [1.29, 1.82) is 0 Å². The van der Waals surface area contributed by atoms with Crippen molar-refractivity contribution < 1.29 is 9.90 Å². The summed E-state index contributed by atoms with van der Waals surface area (Å²) in [5.74, 6) is -0.145. The Bertz CT molecular complexity index is 563. The number of rotatable bonds is 6. The van der Waals surface area contributed by atoms with Crippen molar-refractivity contribution in [3.63, 3.8) is 0 Å². The third-order valence-electron chi connectivity index (χ3n) is 2.84. The molecule has 2 aromatic rings. The number of tetrazole rings is 1. The number of hydrogen-bond donors (Lipinski definition) is 1. The van der Waals surface area contributed by atoms with E-state index < -0.39 is 5.60 Å². The minimum atomic E-state index is -0.967. The Labute approximate surface area is 123 Å². The number of nitrogens with zero attached hydrogens (tertiary/aromatic N) is 5. The number of carbonyl (C=O) groups is 1. The van der Waals surface area contributed by atoms with Gasteiger partial charge >= 0.3 is 0 Å². The van der Waals surface area contributed by atoms with Gasteiger partial charge in [0.25, 0.3) is 0 Å². The highest BCUT2D eigenvalue weighted by Gasteiger charge is 2.23. The monoisotopic (exact) mass is 289 g/mol. The van der Waals surface area contributed by atoms with E-state index in [2.05, 4.69) is 15.5 Å². The summed E-state index contributed by atoms with van der Waals surface area (Å²) in [6.07, 6.45) is 1.39. The molecule has 0 aliphatic rings. The average Bonchev–Trinajstić information content (AvgIpc) is 2.90. The maximum absolute atomic E-state index is 12.4. The van der Waals surface area contributed by atoms with E-state index in [1.807, 2.05) is 30.3 Å². The zero-order chi connectivity index (χ0) is 15.3. The van der Waals surface area contributed by atoms with Gasteiger partial charge in [-0.05, 0) is 29.8 Å². The molecule has 112 valence electrons. The Balaban J connectivity index is 2.09. The van der Waals surface area contributed by atoms with E-state index in [1.165, 1.54) is 11.0 Å². The standard InChI is InChI=1S/C14H19N5O2/c1-14(2,21)10-18(8-12-6-4-3-5-7-12)13(20)9-19-11-15-16-17-19/h3-7,11,21H,8-10H2,1-2H3. The third-order valence-corrected chi connectivity index (χ3v) is 2.84. The third kappa shape index (κ3) is 4.96. The largest absolute Gasteiger partial charge is 0.389 e. The van der Waals surface area contributed by atoms with Gasteiger partial charge in [0.15, 0.2) is 0 Å². The second kappa shape index (κ2) is 6.45. The minimum absolute atomic E-state index is 0.0515. The van der Waals surface area contributed by atoms with Gasteiger partial charge in [0.05, 0.1) is 5.60 Å².